The van der Waals surface area contributed by atoms with E-state index in [4.69, 9.17) is 0 Å². The molecule has 1 rings (SSSR count). The van der Waals surface area contributed by atoms with Gasteiger partial charge in [0.1, 0.15) is 6.04 Å². The molecule has 0 saturated carbocycles. The maximum Gasteiger partial charge on any atom is 0.416 e. The monoisotopic (exact) mass is 283 g/mol. The zero-order valence-electron chi connectivity index (χ0n) is 9.75. The van der Waals surface area contributed by atoms with Gasteiger partial charge >= 0.3 is 12.1 Å². The van der Waals surface area contributed by atoms with Gasteiger partial charge in [-0.3, -0.25) is 0 Å². The Labute approximate surface area is 109 Å². The second-order valence-corrected chi connectivity index (χ2v) is 3.46. The number of halogens is 4. The minimum Gasteiger partial charge on any atom is -0.467 e. The summed E-state index contributed by atoms with van der Waals surface area (Å²) >= 11 is 0. The van der Waals surface area contributed by atoms with Gasteiger partial charge in [0, 0.05) is 5.69 Å². The van der Waals surface area contributed by atoms with Crippen LogP contribution in [0.15, 0.2) is 24.3 Å². The van der Waals surface area contributed by atoms with Crippen molar-refractivity contribution in [1.82, 2.24) is 0 Å². The first kappa shape index (κ1) is 16.6. The zero-order valence-corrected chi connectivity index (χ0v) is 10.6. The van der Waals surface area contributed by atoms with Gasteiger partial charge in [0.25, 0.3) is 0 Å². The number of carbonyl (C=O) groups is 1. The molecule has 0 aliphatic carbocycles. The fourth-order valence-electron chi connectivity index (χ4n) is 1.24. The number of alkyl halides is 3. The highest BCUT2D eigenvalue weighted by molar-refractivity contribution is 5.85. The quantitative estimate of drug-likeness (QED) is 0.866. The molecule has 7 heteroatoms. The Balaban J connectivity index is 0.00000289. The van der Waals surface area contributed by atoms with E-state index in [-0.39, 0.29) is 12.4 Å². The van der Waals surface area contributed by atoms with E-state index in [0.717, 1.165) is 12.1 Å². The van der Waals surface area contributed by atoms with Crippen LogP contribution in [0.4, 0.5) is 18.9 Å². The molecule has 0 aliphatic rings. The SMILES string of the molecule is COC(=O)C(C)Nc1ccc(C(F)(F)F)cc1.Cl. The van der Waals surface area contributed by atoms with Gasteiger partial charge in [0.2, 0.25) is 0 Å². The summed E-state index contributed by atoms with van der Waals surface area (Å²) < 4.78 is 41.3. The van der Waals surface area contributed by atoms with Gasteiger partial charge in [-0.15, -0.1) is 12.4 Å². The van der Waals surface area contributed by atoms with Crippen LogP contribution >= 0.6 is 12.4 Å². The number of methoxy groups -OCH3 is 1. The van der Waals surface area contributed by atoms with Crippen LogP contribution in [0.2, 0.25) is 0 Å². The highest BCUT2D eigenvalue weighted by Gasteiger charge is 2.30. The molecule has 1 unspecified atom stereocenters. The summed E-state index contributed by atoms with van der Waals surface area (Å²) in [4.78, 5) is 11.1. The molecule has 1 aromatic rings. The van der Waals surface area contributed by atoms with Crippen molar-refractivity contribution in [3.05, 3.63) is 29.8 Å². The smallest absolute Gasteiger partial charge is 0.416 e. The summed E-state index contributed by atoms with van der Waals surface area (Å²) in [5.74, 6) is -0.482. The van der Waals surface area contributed by atoms with Crippen molar-refractivity contribution >= 4 is 24.1 Å². The van der Waals surface area contributed by atoms with E-state index in [1.54, 1.807) is 6.92 Å². The second-order valence-electron chi connectivity index (χ2n) is 3.46. The molecule has 0 heterocycles. The van der Waals surface area contributed by atoms with Gasteiger partial charge in [-0.25, -0.2) is 4.79 Å². The topological polar surface area (TPSA) is 38.3 Å². The predicted octanol–water partition coefficient (Wildman–Crippen LogP) is 3.10. The number of ether oxygens (including phenoxy) is 1. The van der Waals surface area contributed by atoms with E-state index in [1.807, 2.05) is 0 Å². The number of rotatable bonds is 3. The molecule has 102 valence electrons. The summed E-state index contributed by atoms with van der Waals surface area (Å²) in [6.07, 6.45) is -4.35. The molecule has 0 saturated heterocycles. The lowest BCUT2D eigenvalue weighted by Crippen LogP contribution is -2.27. The number of anilines is 1. The molecule has 0 aliphatic heterocycles. The summed E-state index contributed by atoms with van der Waals surface area (Å²) in [6, 6.07) is 3.82. The maximum atomic E-state index is 12.3. The lowest BCUT2D eigenvalue weighted by Gasteiger charge is -2.13. The largest absolute Gasteiger partial charge is 0.467 e. The summed E-state index contributed by atoms with van der Waals surface area (Å²) in [6.45, 7) is 1.56. The van der Waals surface area contributed by atoms with Crippen LogP contribution in [0.5, 0.6) is 0 Å². The fraction of sp³-hybridized carbons (Fsp3) is 0.364. The van der Waals surface area contributed by atoms with E-state index in [1.165, 1.54) is 19.2 Å². The van der Waals surface area contributed by atoms with Crippen molar-refractivity contribution in [2.45, 2.75) is 19.1 Å². The lowest BCUT2D eigenvalue weighted by atomic mass is 10.2. The normalized spacial score (nSPS) is 12.3. The fourth-order valence-corrected chi connectivity index (χ4v) is 1.24. The minimum absolute atomic E-state index is 0. The number of hydrogen-bond donors (Lipinski definition) is 1. The van der Waals surface area contributed by atoms with Crippen LogP contribution in [0.25, 0.3) is 0 Å². The average molecular weight is 284 g/mol. The number of benzene rings is 1. The Morgan fingerprint density at radius 2 is 1.78 bits per heavy atom. The van der Waals surface area contributed by atoms with E-state index in [2.05, 4.69) is 10.1 Å². The number of hydrogen-bond acceptors (Lipinski definition) is 3. The molecule has 18 heavy (non-hydrogen) atoms. The van der Waals surface area contributed by atoms with Gasteiger partial charge in [0.15, 0.2) is 0 Å². The Morgan fingerprint density at radius 1 is 1.28 bits per heavy atom. The van der Waals surface area contributed by atoms with Crippen molar-refractivity contribution in [3.63, 3.8) is 0 Å². The van der Waals surface area contributed by atoms with Crippen molar-refractivity contribution < 1.29 is 22.7 Å². The van der Waals surface area contributed by atoms with E-state index in [9.17, 15) is 18.0 Å². The highest BCUT2D eigenvalue weighted by Crippen LogP contribution is 2.29. The van der Waals surface area contributed by atoms with Gasteiger partial charge in [0.05, 0.1) is 12.7 Å². The standard InChI is InChI=1S/C11H12F3NO2.ClH/c1-7(10(16)17-2)15-9-5-3-8(4-6-9)11(12,13)14;/h3-7,15H,1-2H3;1H. The van der Waals surface area contributed by atoms with Crippen molar-refractivity contribution in [2.75, 3.05) is 12.4 Å². The molecule has 3 nitrogen and oxygen atoms in total. The zero-order chi connectivity index (χ0) is 13.1. The molecule has 0 bridgehead atoms. The second kappa shape index (κ2) is 6.49. The van der Waals surface area contributed by atoms with E-state index < -0.39 is 23.8 Å². The summed E-state index contributed by atoms with van der Waals surface area (Å²) in [5.41, 5.74) is -0.301. The van der Waals surface area contributed by atoms with Crippen LogP contribution in [-0.2, 0) is 15.7 Å². The van der Waals surface area contributed by atoms with Gasteiger partial charge in [-0.2, -0.15) is 13.2 Å². The lowest BCUT2D eigenvalue weighted by molar-refractivity contribution is -0.141. The first-order chi connectivity index (χ1) is 7.84. The molecule has 0 fully saturated rings. The predicted molar refractivity (Wildman–Crippen MR) is 63.8 cm³/mol. The first-order valence-electron chi connectivity index (χ1n) is 4.86. The Bertz CT molecular complexity index is 392. The molecular weight excluding hydrogens is 271 g/mol. The summed E-state index contributed by atoms with van der Waals surface area (Å²) in [5, 5.41) is 2.73. The van der Waals surface area contributed by atoms with Crippen LogP contribution < -0.4 is 5.32 Å². The third-order valence-corrected chi connectivity index (χ3v) is 2.15. The van der Waals surface area contributed by atoms with E-state index in [0.29, 0.717) is 5.69 Å². The Kier molecular flexibility index (Phi) is 5.97. The van der Waals surface area contributed by atoms with Crippen molar-refractivity contribution in [2.24, 2.45) is 0 Å². The molecule has 1 atom stereocenters. The van der Waals surface area contributed by atoms with Crippen LogP contribution in [-0.4, -0.2) is 19.1 Å². The Hall–Kier alpha value is -1.43. The third-order valence-electron chi connectivity index (χ3n) is 2.15. The number of carbonyl (C=O) groups excluding carboxylic acids is 1. The van der Waals surface area contributed by atoms with Crippen molar-refractivity contribution in [3.8, 4) is 0 Å². The van der Waals surface area contributed by atoms with Gasteiger partial charge < -0.3 is 10.1 Å². The molecule has 1 N–H and O–H groups in total. The molecule has 0 spiro atoms. The van der Waals surface area contributed by atoms with Crippen LogP contribution in [0, 0.1) is 0 Å². The number of esters is 1. The molecular formula is C11H13ClF3NO2. The summed E-state index contributed by atoms with van der Waals surface area (Å²) in [7, 11) is 1.24. The molecule has 1 aromatic carbocycles. The van der Waals surface area contributed by atoms with E-state index >= 15 is 0 Å². The first-order valence-corrected chi connectivity index (χ1v) is 4.86. The maximum absolute atomic E-state index is 12.3. The number of nitrogens with one attached hydrogen (secondary N) is 1. The van der Waals surface area contributed by atoms with Crippen molar-refractivity contribution in [1.29, 1.82) is 0 Å². The minimum atomic E-state index is -4.35. The highest BCUT2D eigenvalue weighted by atomic mass is 35.5. The van der Waals surface area contributed by atoms with Gasteiger partial charge in [-0.1, -0.05) is 0 Å². The Morgan fingerprint density at radius 3 is 2.17 bits per heavy atom. The molecule has 0 amide bonds. The van der Waals surface area contributed by atoms with Crippen LogP contribution in [0.1, 0.15) is 12.5 Å². The molecule has 0 aromatic heterocycles. The molecule has 0 radical (unpaired) electrons. The third kappa shape index (κ3) is 4.44. The van der Waals surface area contributed by atoms with Crippen LogP contribution in [0.3, 0.4) is 0 Å². The average Bonchev–Trinajstić information content (AvgIpc) is 2.27. The van der Waals surface area contributed by atoms with Gasteiger partial charge in [-0.05, 0) is 31.2 Å².